The maximum absolute atomic E-state index is 14.5. The van der Waals surface area contributed by atoms with E-state index in [1.807, 2.05) is 6.20 Å². The van der Waals surface area contributed by atoms with Gasteiger partial charge in [0.15, 0.2) is 0 Å². The van der Waals surface area contributed by atoms with Crippen molar-refractivity contribution < 1.29 is 18.3 Å². The Labute approximate surface area is 191 Å². The van der Waals surface area contributed by atoms with Crippen LogP contribution in [0.3, 0.4) is 0 Å². The molecule has 1 fully saturated rings. The van der Waals surface area contributed by atoms with Gasteiger partial charge in [0.2, 0.25) is 0 Å². The number of carbonyl (C=O) groups excluding carboxylic acids is 1. The average Bonchev–Trinajstić information content (AvgIpc) is 3.54. The Morgan fingerprint density at radius 2 is 2.03 bits per heavy atom. The first-order chi connectivity index (χ1) is 16.0. The number of aromatic amines is 1. The lowest BCUT2D eigenvalue weighted by Crippen LogP contribution is -2.31. The third-order valence-electron chi connectivity index (χ3n) is 6.52. The van der Waals surface area contributed by atoms with Crippen LogP contribution in [-0.4, -0.2) is 35.5 Å². The molecule has 5 rings (SSSR count). The maximum atomic E-state index is 14.5. The summed E-state index contributed by atoms with van der Waals surface area (Å²) in [5.74, 6) is -0.398. The Bertz CT molecular complexity index is 1230. The van der Waals surface area contributed by atoms with E-state index in [-0.39, 0.29) is 29.3 Å². The molecule has 2 heterocycles. The second-order valence-corrected chi connectivity index (χ2v) is 8.98. The molecule has 0 saturated heterocycles. The number of unbranched alkanes of at least 4 members (excludes halogenated alkanes) is 1. The van der Waals surface area contributed by atoms with Crippen LogP contribution in [-0.2, 0) is 6.42 Å². The van der Waals surface area contributed by atoms with Crippen molar-refractivity contribution in [3.05, 3.63) is 70.6 Å². The monoisotopic (exact) mass is 451 g/mol. The maximum Gasteiger partial charge on any atom is 0.252 e. The summed E-state index contributed by atoms with van der Waals surface area (Å²) < 4.78 is 34.0. The van der Waals surface area contributed by atoms with Crippen molar-refractivity contribution >= 4 is 22.9 Å². The fourth-order valence-electron chi connectivity index (χ4n) is 4.54. The number of aromatic nitrogens is 1. The van der Waals surface area contributed by atoms with Gasteiger partial charge in [-0.05, 0) is 80.0 Å². The van der Waals surface area contributed by atoms with Gasteiger partial charge in [0.25, 0.3) is 5.91 Å². The standard InChI is InChI=1S/C26H27F2N3O2/c27-18-6-9-24-21(11-18)17(13-30-24)3-1-2-10-31(14-16-4-5-16)19-12-22-23(28)8-7-20(26(29)32)25(22)33-15-19/h6-9,11-13,16,30H,1-5,10,14-15H2,(H2,29,32). The van der Waals surface area contributed by atoms with E-state index in [9.17, 15) is 13.6 Å². The van der Waals surface area contributed by atoms with Crippen LogP contribution >= 0.6 is 0 Å². The lowest BCUT2D eigenvalue weighted by atomic mass is 10.0. The van der Waals surface area contributed by atoms with E-state index in [4.69, 9.17) is 10.5 Å². The summed E-state index contributed by atoms with van der Waals surface area (Å²) in [4.78, 5) is 17.2. The summed E-state index contributed by atoms with van der Waals surface area (Å²) in [6.45, 7) is 2.03. The number of nitrogens with two attached hydrogens (primary N) is 1. The van der Waals surface area contributed by atoms with Gasteiger partial charge >= 0.3 is 0 Å². The van der Waals surface area contributed by atoms with Crippen molar-refractivity contribution in [2.45, 2.75) is 32.1 Å². The molecule has 1 amide bonds. The first-order valence-corrected chi connectivity index (χ1v) is 11.5. The number of fused-ring (bicyclic) bond motifs is 2. The molecule has 0 bridgehead atoms. The highest BCUT2D eigenvalue weighted by molar-refractivity contribution is 5.97. The van der Waals surface area contributed by atoms with E-state index < -0.39 is 11.7 Å². The zero-order chi connectivity index (χ0) is 22.9. The van der Waals surface area contributed by atoms with Crippen LogP contribution in [0.25, 0.3) is 17.0 Å². The molecule has 0 atom stereocenters. The van der Waals surface area contributed by atoms with Crippen LogP contribution in [0, 0.1) is 17.6 Å². The summed E-state index contributed by atoms with van der Waals surface area (Å²) in [7, 11) is 0. The van der Waals surface area contributed by atoms with Gasteiger partial charge in [-0.15, -0.1) is 0 Å². The van der Waals surface area contributed by atoms with Crippen molar-refractivity contribution in [2.75, 3.05) is 19.7 Å². The van der Waals surface area contributed by atoms with Crippen LogP contribution in [0.4, 0.5) is 8.78 Å². The topological polar surface area (TPSA) is 71.4 Å². The van der Waals surface area contributed by atoms with E-state index in [0.717, 1.165) is 54.5 Å². The fraction of sp³-hybridized carbons (Fsp3) is 0.346. The van der Waals surface area contributed by atoms with Gasteiger partial charge in [0, 0.05) is 30.2 Å². The SMILES string of the molecule is NC(=O)c1ccc(F)c2c1OCC(N(CCCCc1c[nH]c3ccc(F)cc13)CC1CC1)=C2. The minimum atomic E-state index is -0.630. The van der Waals surface area contributed by atoms with Crippen LogP contribution in [0.2, 0.25) is 0 Å². The number of halogens is 2. The third kappa shape index (κ3) is 4.58. The van der Waals surface area contributed by atoms with Crippen molar-refractivity contribution in [1.29, 1.82) is 0 Å². The van der Waals surface area contributed by atoms with Crippen LogP contribution in [0.5, 0.6) is 5.75 Å². The predicted octanol–water partition coefficient (Wildman–Crippen LogP) is 5.01. The molecule has 5 nitrogen and oxygen atoms in total. The number of benzene rings is 2. The van der Waals surface area contributed by atoms with Crippen LogP contribution in [0.1, 0.15) is 47.2 Å². The number of nitrogens with one attached hydrogen (secondary N) is 1. The Balaban J connectivity index is 1.28. The van der Waals surface area contributed by atoms with Crippen molar-refractivity contribution in [2.24, 2.45) is 11.7 Å². The smallest absolute Gasteiger partial charge is 0.252 e. The molecule has 2 aromatic carbocycles. The van der Waals surface area contributed by atoms with Gasteiger partial charge in [0.05, 0.1) is 16.8 Å². The first-order valence-electron chi connectivity index (χ1n) is 11.5. The first kappa shape index (κ1) is 21.5. The molecule has 1 aliphatic heterocycles. The number of amides is 1. The molecular formula is C26H27F2N3O2. The third-order valence-corrected chi connectivity index (χ3v) is 6.52. The molecule has 172 valence electrons. The van der Waals surface area contributed by atoms with Crippen molar-refractivity contribution in [3.8, 4) is 5.75 Å². The highest BCUT2D eigenvalue weighted by Gasteiger charge is 2.28. The lowest BCUT2D eigenvalue weighted by molar-refractivity contribution is 0.0996. The lowest BCUT2D eigenvalue weighted by Gasteiger charge is -2.31. The average molecular weight is 452 g/mol. The van der Waals surface area contributed by atoms with E-state index in [1.165, 1.54) is 31.0 Å². The molecule has 0 spiro atoms. The molecule has 33 heavy (non-hydrogen) atoms. The van der Waals surface area contributed by atoms with Crippen LogP contribution < -0.4 is 10.5 Å². The molecule has 0 unspecified atom stereocenters. The Hall–Kier alpha value is -3.35. The molecule has 1 aromatic heterocycles. The second kappa shape index (κ2) is 8.89. The Kier molecular flexibility index (Phi) is 5.79. The normalized spacial score (nSPS) is 15.2. The summed E-state index contributed by atoms with van der Waals surface area (Å²) in [6.07, 6.45) is 8.93. The molecule has 3 N–H and O–H groups in total. The molecule has 3 aromatic rings. The van der Waals surface area contributed by atoms with Gasteiger partial charge in [0.1, 0.15) is 24.0 Å². The molecule has 2 aliphatic rings. The number of nitrogens with zero attached hydrogens (tertiary/aromatic N) is 1. The van der Waals surface area contributed by atoms with Gasteiger partial charge in [-0.3, -0.25) is 4.79 Å². The number of hydrogen-bond acceptors (Lipinski definition) is 3. The number of ether oxygens (including phenoxy) is 1. The number of hydrogen-bond donors (Lipinski definition) is 2. The van der Waals surface area contributed by atoms with Gasteiger partial charge in [-0.25, -0.2) is 8.78 Å². The summed E-state index contributed by atoms with van der Waals surface area (Å²) in [5, 5.41) is 0.936. The number of aryl methyl sites for hydroxylation is 1. The fourth-order valence-corrected chi connectivity index (χ4v) is 4.54. The van der Waals surface area contributed by atoms with Gasteiger partial charge < -0.3 is 20.4 Å². The minimum Gasteiger partial charge on any atom is -0.486 e. The number of rotatable bonds is 9. The van der Waals surface area contributed by atoms with Crippen molar-refractivity contribution in [3.63, 3.8) is 0 Å². The van der Waals surface area contributed by atoms with Crippen LogP contribution in [0.15, 0.2) is 42.2 Å². The highest BCUT2D eigenvalue weighted by atomic mass is 19.1. The summed E-state index contributed by atoms with van der Waals surface area (Å²) >= 11 is 0. The molecule has 0 radical (unpaired) electrons. The van der Waals surface area contributed by atoms with Gasteiger partial charge in [-0.2, -0.15) is 0 Å². The quantitative estimate of drug-likeness (QED) is 0.449. The second-order valence-electron chi connectivity index (χ2n) is 8.98. The Morgan fingerprint density at radius 1 is 1.18 bits per heavy atom. The van der Waals surface area contributed by atoms with Crippen molar-refractivity contribution in [1.82, 2.24) is 9.88 Å². The largest absolute Gasteiger partial charge is 0.486 e. The predicted molar refractivity (Wildman–Crippen MR) is 124 cm³/mol. The number of primary amides is 1. The number of H-pyrrole nitrogens is 1. The molecule has 7 heteroatoms. The van der Waals surface area contributed by atoms with Gasteiger partial charge in [-0.1, -0.05) is 0 Å². The van der Waals surface area contributed by atoms with E-state index in [2.05, 4.69) is 9.88 Å². The minimum absolute atomic E-state index is 0.200. The molecular weight excluding hydrogens is 424 g/mol. The molecule has 1 saturated carbocycles. The zero-order valence-electron chi connectivity index (χ0n) is 18.4. The highest BCUT2D eigenvalue weighted by Crippen LogP contribution is 2.36. The summed E-state index contributed by atoms with van der Waals surface area (Å²) in [6, 6.07) is 7.44. The molecule has 1 aliphatic carbocycles. The number of carbonyl (C=O) groups is 1. The van der Waals surface area contributed by atoms with E-state index in [0.29, 0.717) is 5.92 Å². The van der Waals surface area contributed by atoms with E-state index >= 15 is 0 Å². The summed E-state index contributed by atoms with van der Waals surface area (Å²) in [5.41, 5.74) is 8.90. The zero-order valence-corrected chi connectivity index (χ0v) is 18.4. The van der Waals surface area contributed by atoms with E-state index in [1.54, 1.807) is 18.2 Å². The Morgan fingerprint density at radius 3 is 2.82 bits per heavy atom.